The van der Waals surface area contributed by atoms with Gasteiger partial charge in [0.05, 0.1) is 18.4 Å². The zero-order chi connectivity index (χ0) is 17.1. The van der Waals surface area contributed by atoms with Crippen LogP contribution in [0.15, 0.2) is 48.7 Å². The lowest BCUT2D eigenvalue weighted by Gasteiger charge is -2.12. The number of H-pyrrole nitrogens is 1. The minimum atomic E-state index is -0.302. The van der Waals surface area contributed by atoms with E-state index in [1.165, 1.54) is 14.2 Å². The Morgan fingerprint density at radius 2 is 1.88 bits per heavy atom. The molecule has 0 atom stereocenters. The molecule has 1 heterocycles. The quantitative estimate of drug-likeness (QED) is 0.690. The van der Waals surface area contributed by atoms with Crippen molar-refractivity contribution in [2.75, 3.05) is 19.5 Å². The third-order valence-corrected chi connectivity index (χ3v) is 3.76. The van der Waals surface area contributed by atoms with E-state index in [1.54, 1.807) is 30.3 Å². The van der Waals surface area contributed by atoms with E-state index in [4.69, 9.17) is 4.74 Å². The van der Waals surface area contributed by atoms with Gasteiger partial charge in [-0.1, -0.05) is 6.07 Å². The Morgan fingerprint density at radius 3 is 2.62 bits per heavy atom. The number of nitrogens with one attached hydrogen (secondary N) is 3. The predicted molar refractivity (Wildman–Crippen MR) is 92.6 cm³/mol. The number of hydrogen-bond acceptors (Lipinski definition) is 3. The molecular formula is C18H17N3O3. The first-order chi connectivity index (χ1) is 11.6. The molecule has 3 aromatic rings. The molecule has 0 saturated heterocycles. The molecule has 6 nitrogen and oxygen atoms in total. The Bertz CT molecular complexity index is 915. The standard InChI is InChI=1S/C18H17N3O3/c1-19-18(23)14-10-13(24-2)5-6-15(14)21-17(22)12-4-3-11-7-8-20-16(11)9-12/h3-10,20H,1-2H3,(H,19,23)(H,21,22). The van der Waals surface area contributed by atoms with Crippen molar-refractivity contribution >= 4 is 28.4 Å². The van der Waals surface area contributed by atoms with Crippen LogP contribution in [0.3, 0.4) is 0 Å². The van der Waals surface area contributed by atoms with Gasteiger partial charge in [-0.2, -0.15) is 0 Å². The van der Waals surface area contributed by atoms with Crippen molar-refractivity contribution in [3.05, 3.63) is 59.8 Å². The van der Waals surface area contributed by atoms with Crippen LogP contribution in [0.1, 0.15) is 20.7 Å². The van der Waals surface area contributed by atoms with Gasteiger partial charge in [0, 0.05) is 24.3 Å². The molecule has 3 N–H and O–H groups in total. The molecule has 0 radical (unpaired) electrons. The maximum atomic E-state index is 12.5. The molecule has 0 aliphatic heterocycles. The summed E-state index contributed by atoms with van der Waals surface area (Å²) in [6, 6.07) is 12.2. The fourth-order valence-electron chi connectivity index (χ4n) is 2.47. The monoisotopic (exact) mass is 323 g/mol. The fourth-order valence-corrected chi connectivity index (χ4v) is 2.47. The predicted octanol–water partition coefficient (Wildman–Crippen LogP) is 2.79. The summed E-state index contributed by atoms with van der Waals surface area (Å²) in [6.07, 6.45) is 1.82. The van der Waals surface area contributed by atoms with Gasteiger partial charge in [0.2, 0.25) is 0 Å². The summed E-state index contributed by atoms with van der Waals surface area (Å²) in [4.78, 5) is 27.6. The summed E-state index contributed by atoms with van der Waals surface area (Å²) in [5, 5.41) is 6.37. The lowest BCUT2D eigenvalue weighted by atomic mass is 10.1. The topological polar surface area (TPSA) is 83.2 Å². The fraction of sp³-hybridized carbons (Fsp3) is 0.111. The van der Waals surface area contributed by atoms with Gasteiger partial charge in [0.25, 0.3) is 11.8 Å². The molecule has 24 heavy (non-hydrogen) atoms. The van der Waals surface area contributed by atoms with Crippen LogP contribution in [0.25, 0.3) is 10.9 Å². The molecule has 2 aromatic carbocycles. The summed E-state index contributed by atoms with van der Waals surface area (Å²) in [5.74, 6) is -0.0507. The van der Waals surface area contributed by atoms with E-state index in [0.717, 1.165) is 10.9 Å². The third-order valence-electron chi connectivity index (χ3n) is 3.76. The number of amides is 2. The van der Waals surface area contributed by atoms with E-state index in [2.05, 4.69) is 15.6 Å². The summed E-state index contributed by atoms with van der Waals surface area (Å²) in [7, 11) is 3.05. The molecule has 122 valence electrons. The molecule has 0 saturated carbocycles. The first-order valence-corrected chi connectivity index (χ1v) is 7.41. The minimum absolute atomic E-state index is 0.290. The second-order valence-corrected chi connectivity index (χ2v) is 5.22. The maximum Gasteiger partial charge on any atom is 0.255 e. The van der Waals surface area contributed by atoms with Crippen LogP contribution < -0.4 is 15.4 Å². The molecule has 0 unspecified atom stereocenters. The van der Waals surface area contributed by atoms with Gasteiger partial charge in [0.15, 0.2) is 0 Å². The normalized spacial score (nSPS) is 10.4. The molecule has 0 bridgehead atoms. The van der Waals surface area contributed by atoms with Crippen LogP contribution in [-0.2, 0) is 0 Å². The highest BCUT2D eigenvalue weighted by molar-refractivity contribution is 6.10. The SMILES string of the molecule is CNC(=O)c1cc(OC)ccc1NC(=O)c1ccc2cc[nH]c2c1. The number of methoxy groups -OCH3 is 1. The van der Waals surface area contributed by atoms with Crippen LogP contribution >= 0.6 is 0 Å². The van der Waals surface area contributed by atoms with Crippen molar-refractivity contribution < 1.29 is 14.3 Å². The number of anilines is 1. The van der Waals surface area contributed by atoms with E-state index in [-0.39, 0.29) is 11.8 Å². The van der Waals surface area contributed by atoms with E-state index in [9.17, 15) is 9.59 Å². The molecular weight excluding hydrogens is 306 g/mol. The summed E-state index contributed by atoms with van der Waals surface area (Å²) < 4.78 is 5.14. The number of carbonyl (C=O) groups excluding carboxylic acids is 2. The van der Waals surface area contributed by atoms with Crippen molar-refractivity contribution in [3.63, 3.8) is 0 Å². The first kappa shape index (κ1) is 15.6. The highest BCUT2D eigenvalue weighted by Gasteiger charge is 2.15. The highest BCUT2D eigenvalue weighted by atomic mass is 16.5. The largest absolute Gasteiger partial charge is 0.497 e. The van der Waals surface area contributed by atoms with Gasteiger partial charge in [-0.3, -0.25) is 9.59 Å². The smallest absolute Gasteiger partial charge is 0.255 e. The van der Waals surface area contributed by atoms with E-state index < -0.39 is 0 Å². The van der Waals surface area contributed by atoms with Crippen LogP contribution in [0.5, 0.6) is 5.75 Å². The molecule has 1 aromatic heterocycles. The van der Waals surface area contributed by atoms with Crippen molar-refractivity contribution in [3.8, 4) is 5.75 Å². The number of aromatic amines is 1. The Balaban J connectivity index is 1.91. The second-order valence-electron chi connectivity index (χ2n) is 5.22. The summed E-state index contributed by atoms with van der Waals surface area (Å²) in [5.41, 5.74) is 2.14. The first-order valence-electron chi connectivity index (χ1n) is 7.41. The molecule has 3 rings (SSSR count). The number of carbonyl (C=O) groups is 2. The van der Waals surface area contributed by atoms with Crippen LogP contribution in [0, 0.1) is 0 Å². The van der Waals surface area contributed by atoms with Crippen molar-refractivity contribution in [1.29, 1.82) is 0 Å². The molecule has 0 aliphatic carbocycles. The third kappa shape index (κ3) is 2.94. The summed E-state index contributed by atoms with van der Waals surface area (Å²) in [6.45, 7) is 0. The van der Waals surface area contributed by atoms with E-state index >= 15 is 0 Å². The van der Waals surface area contributed by atoms with Crippen molar-refractivity contribution in [2.24, 2.45) is 0 Å². The molecule has 6 heteroatoms. The Hall–Kier alpha value is -3.28. The van der Waals surface area contributed by atoms with Crippen LogP contribution in [0.2, 0.25) is 0 Å². The van der Waals surface area contributed by atoms with Gasteiger partial charge >= 0.3 is 0 Å². The lowest BCUT2D eigenvalue weighted by molar-refractivity contribution is 0.0963. The number of hydrogen-bond donors (Lipinski definition) is 3. The zero-order valence-electron chi connectivity index (χ0n) is 13.3. The molecule has 0 spiro atoms. The Morgan fingerprint density at radius 1 is 1.04 bits per heavy atom. The number of rotatable bonds is 4. The van der Waals surface area contributed by atoms with Crippen LogP contribution in [0.4, 0.5) is 5.69 Å². The molecule has 0 aliphatic rings. The Labute approximate surface area is 138 Å². The molecule has 0 fully saturated rings. The van der Waals surface area contributed by atoms with Gasteiger partial charge in [0.1, 0.15) is 5.75 Å². The average Bonchev–Trinajstić information content (AvgIpc) is 3.09. The average molecular weight is 323 g/mol. The maximum absolute atomic E-state index is 12.5. The highest BCUT2D eigenvalue weighted by Crippen LogP contribution is 2.23. The minimum Gasteiger partial charge on any atom is -0.497 e. The molecule has 2 amide bonds. The van der Waals surface area contributed by atoms with Crippen molar-refractivity contribution in [2.45, 2.75) is 0 Å². The zero-order valence-corrected chi connectivity index (χ0v) is 13.3. The van der Waals surface area contributed by atoms with Crippen molar-refractivity contribution in [1.82, 2.24) is 10.3 Å². The van der Waals surface area contributed by atoms with Gasteiger partial charge < -0.3 is 20.4 Å². The Kier molecular flexibility index (Phi) is 4.20. The van der Waals surface area contributed by atoms with Crippen LogP contribution in [-0.4, -0.2) is 31.0 Å². The lowest BCUT2D eigenvalue weighted by Crippen LogP contribution is -2.21. The van der Waals surface area contributed by atoms with E-state index in [0.29, 0.717) is 22.6 Å². The van der Waals surface area contributed by atoms with E-state index in [1.807, 2.05) is 18.3 Å². The van der Waals surface area contributed by atoms with Gasteiger partial charge in [-0.15, -0.1) is 0 Å². The number of fused-ring (bicyclic) bond motifs is 1. The van der Waals surface area contributed by atoms with Gasteiger partial charge in [-0.05, 0) is 41.8 Å². The van der Waals surface area contributed by atoms with Gasteiger partial charge in [-0.25, -0.2) is 0 Å². The number of aromatic nitrogens is 1. The second kappa shape index (κ2) is 6.45. The number of ether oxygens (including phenoxy) is 1. The number of benzene rings is 2. The summed E-state index contributed by atoms with van der Waals surface area (Å²) >= 11 is 0.